The molecule has 0 atom stereocenters. The highest BCUT2D eigenvalue weighted by Crippen LogP contribution is 2.32. The van der Waals surface area contributed by atoms with Crippen LogP contribution in [0.1, 0.15) is 126 Å². The number of benzene rings is 1. The predicted octanol–water partition coefficient (Wildman–Crippen LogP) is 4.82. The van der Waals surface area contributed by atoms with E-state index in [1.807, 2.05) is 36.1 Å². The summed E-state index contributed by atoms with van der Waals surface area (Å²) < 4.78 is 8.15. The van der Waals surface area contributed by atoms with Crippen molar-refractivity contribution in [3.63, 3.8) is 0 Å². The molecule has 5 heteroatoms. The van der Waals surface area contributed by atoms with Gasteiger partial charge in [-0.2, -0.15) is 0 Å². The van der Waals surface area contributed by atoms with E-state index in [1.54, 1.807) is 0 Å². The Morgan fingerprint density at radius 1 is 0.838 bits per heavy atom. The summed E-state index contributed by atoms with van der Waals surface area (Å²) >= 11 is 0. The molecule has 0 aliphatic heterocycles. The van der Waals surface area contributed by atoms with Crippen LogP contribution in [0.3, 0.4) is 0 Å². The van der Waals surface area contributed by atoms with E-state index in [0.29, 0.717) is 12.1 Å². The van der Waals surface area contributed by atoms with Crippen molar-refractivity contribution in [3.05, 3.63) is 59.4 Å². The quantitative estimate of drug-likeness (QED) is 0.156. The summed E-state index contributed by atoms with van der Waals surface area (Å²) in [6, 6.07) is 10.00. The lowest BCUT2D eigenvalue weighted by molar-refractivity contribution is -0.671. The minimum atomic E-state index is -0.0554. The van der Waals surface area contributed by atoms with Crippen LogP contribution in [0.4, 0.5) is 0 Å². The van der Waals surface area contributed by atoms with E-state index in [9.17, 15) is 4.79 Å². The summed E-state index contributed by atoms with van der Waals surface area (Å²) in [5.41, 5.74) is 2.93. The van der Waals surface area contributed by atoms with Gasteiger partial charge in [-0.25, -0.2) is 4.57 Å². The number of carbonyl (C=O) groups is 1. The predicted molar refractivity (Wildman–Crippen MR) is 151 cm³/mol. The van der Waals surface area contributed by atoms with E-state index in [0.717, 1.165) is 24.3 Å². The molecule has 1 amide bonds. The van der Waals surface area contributed by atoms with Crippen molar-refractivity contribution in [3.8, 4) is 5.75 Å². The molecule has 1 aromatic carbocycles. The van der Waals surface area contributed by atoms with Gasteiger partial charge in [0.05, 0.1) is 12.2 Å². The summed E-state index contributed by atoms with van der Waals surface area (Å²) in [5, 5.41) is 3.04. The summed E-state index contributed by atoms with van der Waals surface area (Å²) in [4.78, 5) is 12.5. The summed E-state index contributed by atoms with van der Waals surface area (Å²) in [7, 11) is 1.94. The Morgan fingerprint density at radius 3 is 1.92 bits per heavy atom. The maximum atomic E-state index is 12.5. The number of pyridine rings is 1. The number of halogens is 1. The smallest absolute Gasteiger partial charge is 0.252 e. The van der Waals surface area contributed by atoms with E-state index in [1.165, 1.54) is 76.2 Å². The van der Waals surface area contributed by atoms with E-state index in [4.69, 9.17) is 4.74 Å². The van der Waals surface area contributed by atoms with Crippen LogP contribution in [0.25, 0.3) is 0 Å². The van der Waals surface area contributed by atoms with Crippen molar-refractivity contribution in [2.75, 3.05) is 6.61 Å². The average Bonchev–Trinajstić information content (AvgIpc) is 2.85. The number of rotatable bonds is 17. The number of amides is 1. The number of aromatic nitrogens is 1. The highest BCUT2D eigenvalue weighted by Gasteiger charge is 2.20. The monoisotopic (exact) mass is 622 g/mol. The summed E-state index contributed by atoms with van der Waals surface area (Å²) in [5.74, 6) is 0.913. The molecule has 0 aliphatic rings. The van der Waals surface area contributed by atoms with Crippen LogP contribution in [0.15, 0.2) is 42.7 Å². The summed E-state index contributed by atoms with van der Waals surface area (Å²) in [6.07, 6.45) is 19.9. The largest absolute Gasteiger partial charge is 1.00 e. The minimum absolute atomic E-state index is 0. The van der Waals surface area contributed by atoms with Crippen LogP contribution in [-0.4, -0.2) is 12.5 Å². The van der Waals surface area contributed by atoms with Gasteiger partial charge < -0.3 is 34.0 Å². The standard InChI is InChI=1S/C32H50N2O2.HI/c1-6-7-8-9-10-11-12-13-14-15-16-17-24-36-30-19-18-27(25-29(30)32(2,3)4)26-33-31(35)28-20-22-34(5)23-21-28;/h18-23,25H,6-17,24,26H2,1-5H3;1H. The van der Waals surface area contributed by atoms with Gasteiger partial charge in [0.25, 0.3) is 5.91 Å². The van der Waals surface area contributed by atoms with Crippen LogP contribution in [0, 0.1) is 0 Å². The second-order valence-electron chi connectivity index (χ2n) is 11.3. The Kier molecular flexibility index (Phi) is 16.8. The maximum Gasteiger partial charge on any atom is 0.252 e. The molecule has 0 unspecified atom stereocenters. The van der Waals surface area contributed by atoms with Crippen LogP contribution in [0.2, 0.25) is 0 Å². The Bertz CT molecular complexity index is 891. The van der Waals surface area contributed by atoms with Crippen molar-refractivity contribution in [2.24, 2.45) is 7.05 Å². The van der Waals surface area contributed by atoms with Crippen LogP contribution in [0.5, 0.6) is 5.75 Å². The third kappa shape index (κ3) is 13.6. The Hall–Kier alpha value is -1.63. The van der Waals surface area contributed by atoms with Gasteiger partial charge in [0.1, 0.15) is 12.8 Å². The number of ether oxygens (including phenoxy) is 1. The molecule has 1 aromatic heterocycles. The third-order valence-corrected chi connectivity index (χ3v) is 6.80. The topological polar surface area (TPSA) is 42.2 Å². The van der Waals surface area contributed by atoms with E-state index < -0.39 is 0 Å². The Balaban J connectivity index is 0.00000684. The molecule has 208 valence electrons. The van der Waals surface area contributed by atoms with Crippen molar-refractivity contribution in [1.82, 2.24) is 5.32 Å². The molecule has 4 nitrogen and oxygen atoms in total. The van der Waals surface area contributed by atoms with Crippen molar-refractivity contribution in [1.29, 1.82) is 0 Å². The van der Waals surface area contributed by atoms with Gasteiger partial charge in [-0.1, -0.05) is 104 Å². The van der Waals surface area contributed by atoms with Gasteiger partial charge >= 0.3 is 0 Å². The van der Waals surface area contributed by atoms with Gasteiger partial charge in [0, 0.05) is 18.7 Å². The number of aryl methyl sites for hydroxylation is 1. The second-order valence-corrected chi connectivity index (χ2v) is 11.3. The zero-order chi connectivity index (χ0) is 26.2. The normalized spacial score (nSPS) is 11.2. The molecule has 1 N–H and O–H groups in total. The number of nitrogens with zero attached hydrogens (tertiary/aromatic N) is 1. The van der Waals surface area contributed by atoms with Crippen molar-refractivity contribution >= 4 is 5.91 Å². The van der Waals surface area contributed by atoms with E-state index in [2.05, 4.69) is 51.2 Å². The van der Waals surface area contributed by atoms with Crippen LogP contribution in [-0.2, 0) is 19.0 Å². The maximum absolute atomic E-state index is 12.5. The molecule has 0 fully saturated rings. The summed E-state index contributed by atoms with van der Waals surface area (Å²) in [6.45, 7) is 10.2. The number of hydrogen-bond donors (Lipinski definition) is 1. The second kappa shape index (κ2) is 18.6. The van der Waals surface area contributed by atoms with Gasteiger partial charge in [-0.3, -0.25) is 4.79 Å². The zero-order valence-electron chi connectivity index (χ0n) is 24.1. The lowest BCUT2D eigenvalue weighted by Gasteiger charge is -2.24. The number of unbranched alkanes of at least 4 members (excludes halogenated alkanes) is 11. The van der Waals surface area contributed by atoms with Gasteiger partial charge in [-0.05, 0) is 35.1 Å². The fourth-order valence-electron chi connectivity index (χ4n) is 4.46. The van der Waals surface area contributed by atoms with Crippen molar-refractivity contribution in [2.45, 2.75) is 117 Å². The SMILES string of the molecule is CCCCCCCCCCCCCCOc1ccc(CNC(=O)c2cc[n+](C)cc2)cc1C(C)(C)C.[I-]. The Morgan fingerprint density at radius 2 is 1.38 bits per heavy atom. The Labute approximate surface area is 244 Å². The third-order valence-electron chi connectivity index (χ3n) is 6.80. The van der Waals surface area contributed by atoms with Crippen LogP contribution >= 0.6 is 0 Å². The number of nitrogens with one attached hydrogen (secondary N) is 1. The lowest BCUT2D eigenvalue weighted by Crippen LogP contribution is -3.00. The fraction of sp³-hybridized carbons (Fsp3) is 0.625. The molecule has 0 saturated carbocycles. The highest BCUT2D eigenvalue weighted by atomic mass is 127. The van der Waals surface area contributed by atoms with E-state index >= 15 is 0 Å². The first-order valence-electron chi connectivity index (χ1n) is 14.3. The lowest BCUT2D eigenvalue weighted by atomic mass is 9.85. The number of carbonyl (C=O) groups excluding carboxylic acids is 1. The molecule has 1 heterocycles. The molecular formula is C32H51IN2O2. The van der Waals surface area contributed by atoms with Crippen LogP contribution < -0.4 is 38.6 Å². The molecule has 0 saturated heterocycles. The molecule has 2 aromatic rings. The highest BCUT2D eigenvalue weighted by molar-refractivity contribution is 5.93. The minimum Gasteiger partial charge on any atom is -1.00 e. The average molecular weight is 623 g/mol. The van der Waals surface area contributed by atoms with E-state index in [-0.39, 0.29) is 35.3 Å². The fourth-order valence-corrected chi connectivity index (χ4v) is 4.46. The molecule has 0 radical (unpaired) electrons. The zero-order valence-corrected chi connectivity index (χ0v) is 26.2. The van der Waals surface area contributed by atoms with Gasteiger partial charge in [-0.15, -0.1) is 0 Å². The molecular weight excluding hydrogens is 571 g/mol. The van der Waals surface area contributed by atoms with Gasteiger partial charge in [0.2, 0.25) is 0 Å². The molecule has 0 bridgehead atoms. The molecule has 2 rings (SSSR count). The molecule has 0 aliphatic carbocycles. The molecule has 37 heavy (non-hydrogen) atoms. The number of hydrogen-bond acceptors (Lipinski definition) is 2. The first-order chi connectivity index (χ1) is 17.3. The first-order valence-corrected chi connectivity index (χ1v) is 14.3. The molecule has 0 spiro atoms. The van der Waals surface area contributed by atoms with Crippen molar-refractivity contribution < 1.29 is 38.1 Å². The van der Waals surface area contributed by atoms with Gasteiger partial charge in [0.15, 0.2) is 12.4 Å². The first kappa shape index (κ1) is 33.4.